The summed E-state index contributed by atoms with van der Waals surface area (Å²) in [5, 5.41) is 3.43. The molecule has 5 nitrogen and oxygen atoms in total. The van der Waals surface area contributed by atoms with E-state index in [4.69, 9.17) is 9.47 Å². The van der Waals surface area contributed by atoms with Crippen molar-refractivity contribution in [1.82, 2.24) is 9.55 Å². The quantitative estimate of drug-likeness (QED) is 0.697. The third-order valence-electron chi connectivity index (χ3n) is 2.72. The Balaban J connectivity index is 1.77. The van der Waals surface area contributed by atoms with E-state index in [0.29, 0.717) is 25.9 Å². The second kappa shape index (κ2) is 6.02. The van der Waals surface area contributed by atoms with Crippen LogP contribution in [0.25, 0.3) is 0 Å². The van der Waals surface area contributed by atoms with E-state index in [-0.39, 0.29) is 0 Å². The molecule has 1 aliphatic rings. The molecule has 1 aromatic rings. The smallest absolute Gasteiger partial charge is 0.203 e. The molecule has 1 aromatic heterocycles. The first-order chi connectivity index (χ1) is 8.29. The minimum absolute atomic E-state index is 0.630. The minimum Gasteiger partial charge on any atom is -0.382 e. The van der Waals surface area contributed by atoms with Crippen LogP contribution in [-0.4, -0.2) is 42.5 Å². The van der Waals surface area contributed by atoms with E-state index in [2.05, 4.69) is 21.1 Å². The molecular weight excluding hydrogens is 218 g/mol. The number of hydrogen-bond acceptors (Lipinski definition) is 4. The van der Waals surface area contributed by atoms with Crippen molar-refractivity contribution in [3.8, 4) is 0 Å². The third kappa shape index (κ3) is 4.02. The van der Waals surface area contributed by atoms with Crippen LogP contribution in [0.3, 0.4) is 0 Å². The average Bonchev–Trinajstić information content (AvgIpc) is 3.03. The highest BCUT2D eigenvalue weighted by atomic mass is 16.5. The molecule has 17 heavy (non-hydrogen) atoms. The zero-order valence-electron chi connectivity index (χ0n) is 10.6. The summed E-state index contributed by atoms with van der Waals surface area (Å²) >= 11 is 0. The maximum Gasteiger partial charge on any atom is 0.203 e. The summed E-state index contributed by atoms with van der Waals surface area (Å²) in [6.45, 7) is 4.84. The Morgan fingerprint density at radius 3 is 2.94 bits per heavy atom. The van der Waals surface area contributed by atoms with Gasteiger partial charge in [0.25, 0.3) is 0 Å². The fraction of sp³-hybridized carbons (Fsp3) is 0.750. The monoisotopic (exact) mass is 239 g/mol. The van der Waals surface area contributed by atoms with Gasteiger partial charge < -0.3 is 19.4 Å². The molecule has 0 atom stereocenters. The fourth-order valence-electron chi connectivity index (χ4n) is 1.65. The lowest BCUT2D eigenvalue weighted by atomic mass is 10.5. The van der Waals surface area contributed by atoms with Crippen LogP contribution < -0.4 is 5.32 Å². The van der Waals surface area contributed by atoms with Crippen molar-refractivity contribution in [3.05, 3.63) is 11.9 Å². The van der Waals surface area contributed by atoms with E-state index >= 15 is 0 Å². The molecule has 0 amide bonds. The summed E-state index contributed by atoms with van der Waals surface area (Å²) < 4.78 is 12.5. The minimum atomic E-state index is 0.630. The molecule has 0 unspecified atom stereocenters. The predicted molar refractivity (Wildman–Crippen MR) is 66.3 cm³/mol. The fourth-order valence-corrected chi connectivity index (χ4v) is 1.65. The maximum atomic E-state index is 5.46. The second-order valence-corrected chi connectivity index (χ2v) is 4.42. The van der Waals surface area contributed by atoms with Crippen LogP contribution in [0.1, 0.15) is 18.5 Å². The van der Waals surface area contributed by atoms with Gasteiger partial charge in [-0.1, -0.05) is 0 Å². The zero-order valence-corrected chi connectivity index (χ0v) is 10.6. The summed E-state index contributed by atoms with van der Waals surface area (Å²) in [4.78, 5) is 4.48. The van der Waals surface area contributed by atoms with Gasteiger partial charge in [0.2, 0.25) is 5.95 Å². The number of imidazole rings is 1. The lowest BCUT2D eigenvalue weighted by molar-refractivity contribution is 0.0668. The van der Waals surface area contributed by atoms with Crippen LogP contribution in [-0.2, 0) is 16.0 Å². The third-order valence-corrected chi connectivity index (χ3v) is 2.72. The Morgan fingerprint density at radius 2 is 2.24 bits per heavy atom. The number of anilines is 1. The van der Waals surface area contributed by atoms with Crippen molar-refractivity contribution >= 4 is 5.95 Å². The number of rotatable bonds is 8. The van der Waals surface area contributed by atoms with Gasteiger partial charge in [-0.25, -0.2) is 4.98 Å². The molecule has 0 aliphatic heterocycles. The molecule has 0 aromatic carbocycles. The molecular formula is C12H21N3O2. The standard InChI is InChI=1S/C12H21N3O2/c1-10-9-15(5-6-17-8-7-16-2)12(13-10)14-11-3-4-11/h9,11H,3-8H2,1-2H3,(H,13,14). The summed E-state index contributed by atoms with van der Waals surface area (Å²) in [7, 11) is 1.68. The average molecular weight is 239 g/mol. The molecule has 0 spiro atoms. The van der Waals surface area contributed by atoms with Gasteiger partial charge in [-0.15, -0.1) is 0 Å². The Labute approximate surface area is 102 Å². The number of nitrogens with zero attached hydrogens (tertiary/aromatic N) is 2. The molecule has 1 heterocycles. The molecule has 2 rings (SSSR count). The highest BCUT2D eigenvalue weighted by Crippen LogP contribution is 2.24. The summed E-state index contributed by atoms with van der Waals surface area (Å²) in [6, 6.07) is 0.630. The van der Waals surface area contributed by atoms with Gasteiger partial charge >= 0.3 is 0 Å². The molecule has 96 valence electrons. The SMILES string of the molecule is COCCOCCn1cc(C)nc1NC1CC1. The van der Waals surface area contributed by atoms with Crippen molar-refractivity contribution in [2.45, 2.75) is 32.4 Å². The first-order valence-electron chi connectivity index (χ1n) is 6.16. The van der Waals surface area contributed by atoms with Crippen LogP contribution in [0.4, 0.5) is 5.95 Å². The highest BCUT2D eigenvalue weighted by molar-refractivity contribution is 5.32. The lowest BCUT2D eigenvalue weighted by Gasteiger charge is -2.09. The van der Waals surface area contributed by atoms with Crippen molar-refractivity contribution in [3.63, 3.8) is 0 Å². The van der Waals surface area contributed by atoms with Gasteiger partial charge in [0, 0.05) is 25.9 Å². The van der Waals surface area contributed by atoms with Crippen LogP contribution in [0.15, 0.2) is 6.20 Å². The zero-order chi connectivity index (χ0) is 12.1. The first-order valence-corrected chi connectivity index (χ1v) is 6.16. The first kappa shape index (κ1) is 12.4. The molecule has 1 aliphatic carbocycles. The second-order valence-electron chi connectivity index (χ2n) is 4.42. The van der Waals surface area contributed by atoms with Gasteiger partial charge in [-0.05, 0) is 19.8 Å². The number of aromatic nitrogens is 2. The highest BCUT2D eigenvalue weighted by Gasteiger charge is 2.22. The van der Waals surface area contributed by atoms with Gasteiger partial charge in [0.05, 0.1) is 25.5 Å². The molecule has 1 fully saturated rings. The normalized spacial score (nSPS) is 15.2. The Morgan fingerprint density at radius 1 is 1.41 bits per heavy atom. The molecule has 0 bridgehead atoms. The maximum absolute atomic E-state index is 5.46. The molecule has 5 heteroatoms. The van der Waals surface area contributed by atoms with Gasteiger partial charge in [-0.3, -0.25) is 0 Å². The van der Waals surface area contributed by atoms with Crippen LogP contribution >= 0.6 is 0 Å². The van der Waals surface area contributed by atoms with Crippen LogP contribution in [0, 0.1) is 6.92 Å². The molecule has 0 radical (unpaired) electrons. The Kier molecular flexibility index (Phi) is 4.39. The van der Waals surface area contributed by atoms with Crippen molar-refractivity contribution < 1.29 is 9.47 Å². The van der Waals surface area contributed by atoms with Crippen molar-refractivity contribution in [1.29, 1.82) is 0 Å². The largest absolute Gasteiger partial charge is 0.382 e. The molecule has 1 N–H and O–H groups in total. The number of methoxy groups -OCH3 is 1. The van der Waals surface area contributed by atoms with E-state index in [1.807, 2.05) is 6.92 Å². The Bertz CT molecular complexity index is 348. The summed E-state index contributed by atoms with van der Waals surface area (Å²) in [6.07, 6.45) is 4.58. The predicted octanol–water partition coefficient (Wildman–Crippen LogP) is 1.43. The van der Waals surface area contributed by atoms with Crippen LogP contribution in [0.5, 0.6) is 0 Å². The van der Waals surface area contributed by atoms with E-state index in [1.165, 1.54) is 12.8 Å². The van der Waals surface area contributed by atoms with Gasteiger partial charge in [-0.2, -0.15) is 0 Å². The summed E-state index contributed by atoms with van der Waals surface area (Å²) in [5.41, 5.74) is 1.05. The van der Waals surface area contributed by atoms with Gasteiger partial charge in [0.15, 0.2) is 0 Å². The number of hydrogen-bond donors (Lipinski definition) is 1. The number of nitrogens with one attached hydrogen (secondary N) is 1. The van der Waals surface area contributed by atoms with E-state index in [1.54, 1.807) is 7.11 Å². The molecule has 0 saturated heterocycles. The van der Waals surface area contributed by atoms with Crippen molar-refractivity contribution in [2.75, 3.05) is 32.2 Å². The van der Waals surface area contributed by atoms with E-state index in [9.17, 15) is 0 Å². The van der Waals surface area contributed by atoms with Crippen LogP contribution in [0.2, 0.25) is 0 Å². The van der Waals surface area contributed by atoms with E-state index < -0.39 is 0 Å². The van der Waals surface area contributed by atoms with Crippen molar-refractivity contribution in [2.24, 2.45) is 0 Å². The summed E-state index contributed by atoms with van der Waals surface area (Å²) in [5.74, 6) is 0.973. The molecule has 1 saturated carbocycles. The topological polar surface area (TPSA) is 48.3 Å². The lowest BCUT2D eigenvalue weighted by Crippen LogP contribution is -2.13. The van der Waals surface area contributed by atoms with Gasteiger partial charge in [0.1, 0.15) is 0 Å². The number of aryl methyl sites for hydroxylation is 1. The Hall–Kier alpha value is -1.07. The van der Waals surface area contributed by atoms with E-state index in [0.717, 1.165) is 18.2 Å². The number of ether oxygens (including phenoxy) is 2.